The van der Waals surface area contributed by atoms with Crippen LogP contribution in [0.15, 0.2) is 72.3 Å². The smallest absolute Gasteiger partial charge is 0.250 e. The second kappa shape index (κ2) is 12.2. The average Bonchev–Trinajstić information content (AvgIpc) is 3.24. The molecule has 220 valence electrons. The molecule has 0 radical (unpaired) electrons. The van der Waals surface area contributed by atoms with Crippen LogP contribution >= 0.6 is 0 Å². The van der Waals surface area contributed by atoms with Gasteiger partial charge in [-0.2, -0.15) is 0 Å². The molecule has 42 heavy (non-hydrogen) atoms. The number of nitrogens with two attached hydrogens (primary N) is 1. The molecule has 3 aliphatic heterocycles. The minimum absolute atomic E-state index is 0.0560. The van der Waals surface area contributed by atoms with E-state index in [1.54, 1.807) is 0 Å². The molecule has 7 heteroatoms. The highest BCUT2D eigenvalue weighted by atomic mass is 16.5. The SMILES string of the molecule is CC(C)(c1ccc(N)cc1)N(C(=O)C1=Cc2cc(-c3ccc(N4CCOCC4)cc3)ccc2OCC1)C1CCOCC1. The lowest BCUT2D eigenvalue weighted by atomic mass is 9.87. The van der Waals surface area contributed by atoms with Crippen molar-refractivity contribution in [3.8, 4) is 16.9 Å². The summed E-state index contributed by atoms with van der Waals surface area (Å²) in [4.78, 5) is 19.0. The summed E-state index contributed by atoms with van der Waals surface area (Å²) < 4.78 is 17.3. The van der Waals surface area contributed by atoms with E-state index >= 15 is 0 Å². The van der Waals surface area contributed by atoms with E-state index in [1.807, 2.05) is 36.4 Å². The third kappa shape index (κ3) is 5.90. The molecular weight excluding hydrogens is 526 g/mol. The van der Waals surface area contributed by atoms with E-state index in [9.17, 15) is 4.79 Å². The molecule has 0 aliphatic carbocycles. The van der Waals surface area contributed by atoms with Crippen LogP contribution in [-0.2, 0) is 19.8 Å². The number of nitrogens with zero attached hydrogens (tertiary/aromatic N) is 2. The summed E-state index contributed by atoms with van der Waals surface area (Å²) in [6.07, 6.45) is 4.22. The van der Waals surface area contributed by atoms with Crippen LogP contribution in [0.2, 0.25) is 0 Å². The fourth-order valence-corrected chi connectivity index (χ4v) is 6.36. The van der Waals surface area contributed by atoms with Gasteiger partial charge in [-0.25, -0.2) is 0 Å². The molecule has 6 rings (SSSR count). The van der Waals surface area contributed by atoms with Gasteiger partial charge in [-0.3, -0.25) is 4.79 Å². The first-order chi connectivity index (χ1) is 20.4. The van der Waals surface area contributed by atoms with Crippen LogP contribution in [-0.4, -0.2) is 63.0 Å². The summed E-state index contributed by atoms with van der Waals surface area (Å²) in [5, 5.41) is 0. The lowest BCUT2D eigenvalue weighted by Crippen LogP contribution is -2.53. The number of carbonyl (C=O) groups is 1. The second-order valence-electron chi connectivity index (χ2n) is 11.9. The van der Waals surface area contributed by atoms with Crippen LogP contribution in [0.1, 0.15) is 44.2 Å². The van der Waals surface area contributed by atoms with E-state index in [0.29, 0.717) is 31.9 Å². The highest BCUT2D eigenvalue weighted by Crippen LogP contribution is 2.37. The van der Waals surface area contributed by atoms with Crippen LogP contribution < -0.4 is 15.4 Å². The Balaban J connectivity index is 1.31. The van der Waals surface area contributed by atoms with E-state index < -0.39 is 5.54 Å². The van der Waals surface area contributed by atoms with Crippen molar-refractivity contribution in [2.75, 3.05) is 56.8 Å². The van der Waals surface area contributed by atoms with Gasteiger partial charge in [0.25, 0.3) is 5.91 Å². The second-order valence-corrected chi connectivity index (χ2v) is 11.9. The summed E-state index contributed by atoms with van der Waals surface area (Å²) in [6.45, 7) is 9.40. The Labute approximate surface area is 248 Å². The van der Waals surface area contributed by atoms with Crippen LogP contribution in [0, 0.1) is 0 Å². The maximum absolute atomic E-state index is 14.5. The van der Waals surface area contributed by atoms with Gasteiger partial charge >= 0.3 is 0 Å². The molecule has 3 aliphatic rings. The summed E-state index contributed by atoms with van der Waals surface area (Å²) >= 11 is 0. The number of amides is 1. The monoisotopic (exact) mass is 567 g/mol. The molecule has 0 bridgehead atoms. The van der Waals surface area contributed by atoms with Crippen LogP contribution in [0.3, 0.4) is 0 Å². The Morgan fingerprint density at radius 3 is 2.24 bits per heavy atom. The van der Waals surface area contributed by atoms with Crippen molar-refractivity contribution >= 4 is 23.4 Å². The van der Waals surface area contributed by atoms with Crippen molar-refractivity contribution in [1.29, 1.82) is 0 Å². The predicted molar refractivity (Wildman–Crippen MR) is 168 cm³/mol. The molecule has 0 spiro atoms. The summed E-state index contributed by atoms with van der Waals surface area (Å²) in [7, 11) is 0. The molecule has 3 aromatic rings. The first-order valence-corrected chi connectivity index (χ1v) is 15.1. The predicted octanol–water partition coefficient (Wildman–Crippen LogP) is 5.88. The Bertz CT molecular complexity index is 1420. The van der Waals surface area contributed by atoms with Gasteiger partial charge in [-0.15, -0.1) is 0 Å². The molecule has 2 fully saturated rings. The molecular formula is C35H41N3O4. The minimum atomic E-state index is -0.534. The molecule has 3 aromatic carbocycles. The topological polar surface area (TPSA) is 77.3 Å². The number of rotatable bonds is 6. The molecule has 0 aromatic heterocycles. The molecule has 3 heterocycles. The van der Waals surface area contributed by atoms with Gasteiger partial charge in [0.05, 0.1) is 25.4 Å². The first-order valence-electron chi connectivity index (χ1n) is 15.1. The van der Waals surface area contributed by atoms with Crippen molar-refractivity contribution in [1.82, 2.24) is 4.90 Å². The van der Waals surface area contributed by atoms with Crippen LogP contribution in [0.4, 0.5) is 11.4 Å². The maximum atomic E-state index is 14.5. The fourth-order valence-electron chi connectivity index (χ4n) is 6.36. The quantitative estimate of drug-likeness (QED) is 0.375. The number of carbonyl (C=O) groups excluding carboxylic acids is 1. The summed E-state index contributed by atoms with van der Waals surface area (Å²) in [5.74, 6) is 0.863. The van der Waals surface area contributed by atoms with Gasteiger partial charge in [0, 0.05) is 61.3 Å². The van der Waals surface area contributed by atoms with Gasteiger partial charge in [0.1, 0.15) is 5.75 Å². The zero-order valence-electron chi connectivity index (χ0n) is 24.7. The third-order valence-corrected chi connectivity index (χ3v) is 8.81. The van der Waals surface area contributed by atoms with Gasteiger partial charge < -0.3 is 29.7 Å². The van der Waals surface area contributed by atoms with E-state index in [4.69, 9.17) is 19.9 Å². The van der Waals surface area contributed by atoms with Crippen molar-refractivity contribution in [3.63, 3.8) is 0 Å². The fraction of sp³-hybridized carbons (Fsp3) is 0.400. The zero-order valence-corrected chi connectivity index (χ0v) is 24.7. The molecule has 2 saturated heterocycles. The molecule has 2 N–H and O–H groups in total. The van der Waals surface area contributed by atoms with Gasteiger partial charge in [0.15, 0.2) is 0 Å². The van der Waals surface area contributed by atoms with E-state index in [-0.39, 0.29) is 11.9 Å². The highest BCUT2D eigenvalue weighted by Gasteiger charge is 2.39. The summed E-state index contributed by atoms with van der Waals surface area (Å²) in [5.41, 5.74) is 12.4. The Morgan fingerprint density at radius 2 is 1.52 bits per heavy atom. The molecule has 0 saturated carbocycles. The molecule has 0 atom stereocenters. The average molecular weight is 568 g/mol. The number of hydrogen-bond donors (Lipinski definition) is 1. The molecule has 0 unspecified atom stereocenters. The molecule has 1 amide bonds. The Morgan fingerprint density at radius 1 is 0.857 bits per heavy atom. The number of hydrogen-bond acceptors (Lipinski definition) is 6. The zero-order chi connectivity index (χ0) is 29.1. The van der Waals surface area contributed by atoms with Gasteiger partial charge in [-0.1, -0.05) is 30.3 Å². The Kier molecular flexibility index (Phi) is 8.22. The lowest BCUT2D eigenvalue weighted by Gasteiger charge is -2.46. The van der Waals surface area contributed by atoms with Crippen molar-refractivity contribution in [3.05, 3.63) is 83.4 Å². The van der Waals surface area contributed by atoms with E-state index in [1.165, 1.54) is 5.69 Å². The van der Waals surface area contributed by atoms with Crippen molar-refractivity contribution < 1.29 is 19.0 Å². The third-order valence-electron chi connectivity index (χ3n) is 8.81. The van der Waals surface area contributed by atoms with Crippen molar-refractivity contribution in [2.24, 2.45) is 0 Å². The van der Waals surface area contributed by atoms with Crippen LogP contribution in [0.5, 0.6) is 5.75 Å². The number of fused-ring (bicyclic) bond motifs is 1. The standard InChI is InChI=1S/C35H41N3O4/c1-35(2,29-6-8-30(36)9-7-29)38(32-14-18-40-19-15-32)34(39)27-13-20-42-33-12-5-26(23-28(33)24-27)25-3-10-31(11-4-25)37-16-21-41-22-17-37/h3-12,23-24,32H,13-22,36H2,1-2H3. The number of morpholine rings is 1. The van der Waals surface area contributed by atoms with Gasteiger partial charge in [0.2, 0.25) is 0 Å². The van der Waals surface area contributed by atoms with E-state index in [2.05, 4.69) is 60.0 Å². The maximum Gasteiger partial charge on any atom is 0.250 e. The number of benzene rings is 3. The lowest BCUT2D eigenvalue weighted by molar-refractivity contribution is -0.139. The minimum Gasteiger partial charge on any atom is -0.493 e. The number of nitrogen functional groups attached to an aromatic ring is 1. The normalized spacial score (nSPS) is 18.0. The summed E-state index contributed by atoms with van der Waals surface area (Å²) in [6, 6.07) is 22.9. The highest BCUT2D eigenvalue weighted by molar-refractivity contribution is 5.99. The molecule has 7 nitrogen and oxygen atoms in total. The first kappa shape index (κ1) is 28.3. The van der Waals surface area contributed by atoms with E-state index in [0.717, 1.165) is 72.7 Å². The number of anilines is 2. The Hall–Kier alpha value is -3.81. The largest absolute Gasteiger partial charge is 0.493 e. The van der Waals surface area contributed by atoms with Gasteiger partial charge in [-0.05, 0) is 85.9 Å². The van der Waals surface area contributed by atoms with Crippen LogP contribution in [0.25, 0.3) is 17.2 Å². The number of ether oxygens (including phenoxy) is 3. The van der Waals surface area contributed by atoms with Crippen molar-refractivity contribution in [2.45, 2.75) is 44.7 Å².